The van der Waals surface area contributed by atoms with Crippen molar-refractivity contribution < 1.29 is 11.0 Å². The van der Waals surface area contributed by atoms with Crippen LogP contribution in [0.4, 0.5) is 10.5 Å². The summed E-state index contributed by atoms with van der Waals surface area (Å²) in [5, 5.41) is 6.32. The van der Waals surface area contributed by atoms with Crippen molar-refractivity contribution in [3.63, 3.8) is 0 Å². The van der Waals surface area contributed by atoms with Crippen LogP contribution >= 0.6 is 0 Å². The highest BCUT2D eigenvalue weighted by Gasteiger charge is 2.00. The molecule has 5 nitrogen and oxygen atoms in total. The van der Waals surface area contributed by atoms with E-state index < -0.39 is 6.09 Å². The Balaban J connectivity index is 0. The van der Waals surface area contributed by atoms with Crippen LogP contribution in [0.25, 0.3) is 0 Å². The van der Waals surface area contributed by atoms with Gasteiger partial charge in [-0.1, -0.05) is 27.2 Å². The Labute approximate surface area is 98.3 Å². The SMILES string of the molecule is CCC(C)C.COC(=O)Nc1cnn(C)c1.[HH]. The maximum atomic E-state index is 10.6. The van der Waals surface area contributed by atoms with Gasteiger partial charge < -0.3 is 4.74 Å². The van der Waals surface area contributed by atoms with Crippen molar-refractivity contribution in [2.75, 3.05) is 12.4 Å². The number of carbonyl (C=O) groups is 1. The zero-order valence-electron chi connectivity index (χ0n) is 10.7. The lowest BCUT2D eigenvalue weighted by Crippen LogP contribution is -2.10. The summed E-state index contributed by atoms with van der Waals surface area (Å²) in [6, 6.07) is 0. The molecule has 0 saturated heterocycles. The molecule has 0 radical (unpaired) electrons. The van der Waals surface area contributed by atoms with Crippen LogP contribution in [-0.4, -0.2) is 23.0 Å². The molecule has 1 N–H and O–H groups in total. The van der Waals surface area contributed by atoms with Gasteiger partial charge in [-0.2, -0.15) is 5.10 Å². The Hall–Kier alpha value is -1.52. The van der Waals surface area contributed by atoms with Crippen LogP contribution in [-0.2, 0) is 11.8 Å². The second kappa shape index (κ2) is 7.73. The maximum Gasteiger partial charge on any atom is 0.411 e. The molecule has 0 saturated carbocycles. The Kier molecular flexibility index (Phi) is 7.00. The summed E-state index contributed by atoms with van der Waals surface area (Å²) >= 11 is 0. The quantitative estimate of drug-likeness (QED) is 0.848. The minimum atomic E-state index is -0.488. The Bertz CT molecular complexity index is 313. The van der Waals surface area contributed by atoms with E-state index in [0.29, 0.717) is 5.69 Å². The van der Waals surface area contributed by atoms with Gasteiger partial charge in [-0.05, 0) is 5.92 Å². The van der Waals surface area contributed by atoms with Gasteiger partial charge in [0.15, 0.2) is 0 Å². The monoisotopic (exact) mass is 229 g/mol. The molecule has 0 aliphatic rings. The van der Waals surface area contributed by atoms with Crippen LogP contribution in [0, 0.1) is 5.92 Å². The average molecular weight is 229 g/mol. The summed E-state index contributed by atoms with van der Waals surface area (Å²) in [7, 11) is 3.08. The van der Waals surface area contributed by atoms with Crippen molar-refractivity contribution in [1.29, 1.82) is 0 Å². The van der Waals surface area contributed by atoms with Crippen LogP contribution in [0.5, 0.6) is 0 Å². The van der Waals surface area contributed by atoms with Crippen molar-refractivity contribution in [2.24, 2.45) is 13.0 Å². The Morgan fingerprint density at radius 3 is 2.56 bits per heavy atom. The van der Waals surface area contributed by atoms with Crippen molar-refractivity contribution in [3.8, 4) is 0 Å². The molecular formula is C11H23N3O2. The van der Waals surface area contributed by atoms with Crippen molar-refractivity contribution in [2.45, 2.75) is 27.2 Å². The van der Waals surface area contributed by atoms with E-state index in [1.54, 1.807) is 17.9 Å². The molecule has 0 aliphatic heterocycles. The van der Waals surface area contributed by atoms with E-state index in [4.69, 9.17) is 0 Å². The standard InChI is InChI=1S/C6H9N3O2.C5H12.H2/c1-9-4-5(3-7-9)8-6(10)11-2;1-4-5(2)3;/h3-4H,1-2H3,(H,8,10);5H,4H2,1-3H3;1H. The molecule has 1 amide bonds. The van der Waals surface area contributed by atoms with Crippen LogP contribution in [0.2, 0.25) is 0 Å². The first kappa shape index (κ1) is 14.5. The lowest BCUT2D eigenvalue weighted by Gasteiger charge is -1.97. The van der Waals surface area contributed by atoms with Crippen LogP contribution in [0.3, 0.4) is 0 Å². The van der Waals surface area contributed by atoms with E-state index in [1.807, 2.05) is 0 Å². The van der Waals surface area contributed by atoms with Gasteiger partial charge in [-0.25, -0.2) is 4.79 Å². The number of amides is 1. The highest BCUT2D eigenvalue weighted by molar-refractivity contribution is 5.83. The third kappa shape index (κ3) is 6.86. The van der Waals surface area contributed by atoms with Gasteiger partial charge in [0.1, 0.15) is 0 Å². The highest BCUT2D eigenvalue weighted by Crippen LogP contribution is 2.02. The largest absolute Gasteiger partial charge is 0.453 e. The molecule has 16 heavy (non-hydrogen) atoms. The molecule has 0 unspecified atom stereocenters. The van der Waals surface area contributed by atoms with Gasteiger partial charge >= 0.3 is 6.09 Å². The predicted molar refractivity (Wildman–Crippen MR) is 66.5 cm³/mol. The number of hydrogen-bond acceptors (Lipinski definition) is 3. The first-order chi connectivity index (χ1) is 7.49. The lowest BCUT2D eigenvalue weighted by molar-refractivity contribution is 0.187. The van der Waals surface area contributed by atoms with Crippen LogP contribution < -0.4 is 5.32 Å². The topological polar surface area (TPSA) is 56.1 Å². The summed E-state index contributed by atoms with van der Waals surface area (Å²) in [4.78, 5) is 10.6. The zero-order valence-corrected chi connectivity index (χ0v) is 10.7. The van der Waals surface area contributed by atoms with Crippen LogP contribution in [0.15, 0.2) is 12.4 Å². The first-order valence-corrected chi connectivity index (χ1v) is 5.33. The normalized spacial score (nSPS) is 9.38. The third-order valence-corrected chi connectivity index (χ3v) is 1.95. The van der Waals surface area contributed by atoms with Gasteiger partial charge in [-0.3, -0.25) is 10.00 Å². The first-order valence-electron chi connectivity index (χ1n) is 5.33. The summed E-state index contributed by atoms with van der Waals surface area (Å²) in [5.41, 5.74) is 0.624. The van der Waals surface area contributed by atoms with Crippen molar-refractivity contribution >= 4 is 11.8 Å². The third-order valence-electron chi connectivity index (χ3n) is 1.95. The van der Waals surface area contributed by atoms with Crippen molar-refractivity contribution in [3.05, 3.63) is 12.4 Å². The Morgan fingerprint density at radius 2 is 2.25 bits per heavy atom. The fourth-order valence-electron chi connectivity index (χ4n) is 0.655. The molecule has 1 rings (SSSR count). The molecule has 1 heterocycles. The zero-order chi connectivity index (χ0) is 12.6. The Morgan fingerprint density at radius 1 is 1.69 bits per heavy atom. The van der Waals surface area contributed by atoms with Gasteiger partial charge in [0.25, 0.3) is 0 Å². The van der Waals surface area contributed by atoms with E-state index in [0.717, 1.165) is 5.92 Å². The second-order valence-electron chi connectivity index (χ2n) is 3.82. The minimum Gasteiger partial charge on any atom is -0.453 e. The molecule has 0 bridgehead atoms. The number of carbonyl (C=O) groups excluding carboxylic acids is 1. The molecule has 1 aromatic rings. The van der Waals surface area contributed by atoms with Crippen LogP contribution in [0.1, 0.15) is 28.6 Å². The van der Waals surface area contributed by atoms with Crippen molar-refractivity contribution in [1.82, 2.24) is 9.78 Å². The number of nitrogens with one attached hydrogen (secondary N) is 1. The summed E-state index contributed by atoms with van der Waals surface area (Å²) in [6.07, 6.45) is 4.03. The predicted octanol–water partition coefficient (Wildman–Crippen LogP) is 2.90. The average Bonchev–Trinajstić information content (AvgIpc) is 2.64. The highest BCUT2D eigenvalue weighted by atomic mass is 16.5. The number of aryl methyl sites for hydroxylation is 1. The number of anilines is 1. The molecule has 0 aromatic carbocycles. The molecule has 1 aromatic heterocycles. The van der Waals surface area contributed by atoms with E-state index in [1.165, 1.54) is 19.7 Å². The fourth-order valence-corrected chi connectivity index (χ4v) is 0.655. The number of rotatable bonds is 2. The number of ether oxygens (including phenoxy) is 1. The minimum absolute atomic E-state index is 0. The number of nitrogens with zero attached hydrogens (tertiary/aromatic N) is 2. The molecule has 0 atom stereocenters. The summed E-state index contributed by atoms with van der Waals surface area (Å²) in [5.74, 6) is 0.884. The van der Waals surface area contributed by atoms with E-state index >= 15 is 0 Å². The van der Waals surface area contributed by atoms with E-state index in [-0.39, 0.29) is 1.43 Å². The molecule has 0 aliphatic carbocycles. The second-order valence-corrected chi connectivity index (χ2v) is 3.82. The molecule has 0 fully saturated rings. The molecular weight excluding hydrogens is 206 g/mol. The van der Waals surface area contributed by atoms with Gasteiger partial charge in [-0.15, -0.1) is 0 Å². The lowest BCUT2D eigenvalue weighted by atomic mass is 10.2. The van der Waals surface area contributed by atoms with E-state index in [9.17, 15) is 4.79 Å². The molecule has 0 spiro atoms. The van der Waals surface area contributed by atoms with Gasteiger partial charge in [0.2, 0.25) is 0 Å². The van der Waals surface area contributed by atoms with Gasteiger partial charge in [0, 0.05) is 14.7 Å². The van der Waals surface area contributed by atoms with Gasteiger partial charge in [0.05, 0.1) is 19.0 Å². The fraction of sp³-hybridized carbons (Fsp3) is 0.636. The number of hydrogen-bond donors (Lipinski definition) is 1. The number of aromatic nitrogens is 2. The molecule has 5 heteroatoms. The van der Waals surface area contributed by atoms with E-state index in [2.05, 4.69) is 35.9 Å². The summed E-state index contributed by atoms with van der Waals surface area (Å²) < 4.78 is 5.96. The maximum absolute atomic E-state index is 10.6. The molecule has 94 valence electrons. The summed E-state index contributed by atoms with van der Waals surface area (Å²) in [6.45, 7) is 6.64. The smallest absolute Gasteiger partial charge is 0.411 e. The number of methoxy groups -OCH3 is 1.